The van der Waals surface area contributed by atoms with Crippen LogP contribution >= 0.6 is 11.6 Å². The van der Waals surface area contributed by atoms with Crippen molar-refractivity contribution in [3.8, 4) is 0 Å². The van der Waals surface area contributed by atoms with Crippen LogP contribution in [-0.2, 0) is 0 Å². The highest BCUT2D eigenvalue weighted by atomic mass is 35.5. The molecule has 1 aliphatic rings. The Morgan fingerprint density at radius 1 is 1.43 bits per heavy atom. The van der Waals surface area contributed by atoms with Crippen molar-refractivity contribution in [3.05, 3.63) is 38.9 Å². The molecule has 114 valence electrons. The van der Waals surface area contributed by atoms with E-state index in [1.54, 1.807) is 7.05 Å². The predicted octanol–water partition coefficient (Wildman–Crippen LogP) is 2.62. The summed E-state index contributed by atoms with van der Waals surface area (Å²) in [4.78, 5) is 24.4. The molecule has 0 heterocycles. The Balaban J connectivity index is 2.33. The van der Waals surface area contributed by atoms with Gasteiger partial charge in [-0.25, -0.2) is 0 Å². The number of rotatable bonds is 3. The van der Waals surface area contributed by atoms with Crippen LogP contribution in [0.4, 0.5) is 5.69 Å². The number of amides is 1. The monoisotopic (exact) mass is 312 g/mol. The standard InChI is InChI=1S/C14H17ClN2O4/c1-16(10-6-2-3-8-12(10)18)14(19)13-9(15)5-4-7-11(13)17(20)21/h4-5,7,10,12,18H,2-3,6,8H2,1H3. The lowest BCUT2D eigenvalue weighted by molar-refractivity contribution is -0.385. The van der Waals surface area contributed by atoms with Crippen LogP contribution in [0.3, 0.4) is 0 Å². The van der Waals surface area contributed by atoms with E-state index in [2.05, 4.69) is 0 Å². The molecule has 0 aromatic heterocycles. The number of nitrogens with zero attached hydrogens (tertiary/aromatic N) is 2. The van der Waals surface area contributed by atoms with Crippen LogP contribution in [-0.4, -0.2) is 40.0 Å². The molecule has 7 heteroatoms. The molecule has 1 aromatic carbocycles. The smallest absolute Gasteiger partial charge is 0.283 e. The topological polar surface area (TPSA) is 83.7 Å². The van der Waals surface area contributed by atoms with Gasteiger partial charge in [-0.15, -0.1) is 0 Å². The van der Waals surface area contributed by atoms with Gasteiger partial charge in [-0.3, -0.25) is 14.9 Å². The van der Waals surface area contributed by atoms with Gasteiger partial charge >= 0.3 is 0 Å². The molecule has 6 nitrogen and oxygen atoms in total. The van der Waals surface area contributed by atoms with Crippen molar-refractivity contribution >= 4 is 23.2 Å². The molecule has 0 saturated heterocycles. The zero-order valence-corrected chi connectivity index (χ0v) is 12.4. The van der Waals surface area contributed by atoms with Crippen molar-refractivity contribution in [2.75, 3.05) is 7.05 Å². The van der Waals surface area contributed by atoms with Gasteiger partial charge in [0.1, 0.15) is 5.56 Å². The van der Waals surface area contributed by atoms with Crippen molar-refractivity contribution in [2.24, 2.45) is 0 Å². The van der Waals surface area contributed by atoms with Gasteiger partial charge in [0.25, 0.3) is 11.6 Å². The number of nitro benzene ring substituents is 1. The maximum absolute atomic E-state index is 12.6. The molecule has 1 aromatic rings. The summed E-state index contributed by atoms with van der Waals surface area (Å²) in [5.74, 6) is -0.529. The average Bonchev–Trinajstić information content (AvgIpc) is 2.46. The summed E-state index contributed by atoms with van der Waals surface area (Å²) in [6, 6.07) is 3.81. The summed E-state index contributed by atoms with van der Waals surface area (Å²) >= 11 is 5.97. The van der Waals surface area contributed by atoms with Gasteiger partial charge in [-0.2, -0.15) is 0 Å². The Hall–Kier alpha value is -1.66. The SMILES string of the molecule is CN(C(=O)c1c(Cl)cccc1[N+](=O)[O-])C1CCCCC1O. The highest BCUT2D eigenvalue weighted by molar-refractivity contribution is 6.34. The van der Waals surface area contributed by atoms with Crippen LogP contribution in [0.1, 0.15) is 36.0 Å². The quantitative estimate of drug-likeness (QED) is 0.687. The molecule has 2 unspecified atom stereocenters. The summed E-state index contributed by atoms with van der Waals surface area (Å²) in [6.07, 6.45) is 2.55. The van der Waals surface area contributed by atoms with Crippen LogP contribution in [0.2, 0.25) is 5.02 Å². The fraction of sp³-hybridized carbons (Fsp3) is 0.500. The van der Waals surface area contributed by atoms with Crippen molar-refractivity contribution < 1.29 is 14.8 Å². The fourth-order valence-corrected chi connectivity index (χ4v) is 3.00. The van der Waals surface area contributed by atoms with Gasteiger partial charge < -0.3 is 10.0 Å². The fourth-order valence-electron chi connectivity index (χ4n) is 2.75. The molecule has 1 amide bonds. The maximum atomic E-state index is 12.6. The number of hydrogen-bond donors (Lipinski definition) is 1. The molecule has 21 heavy (non-hydrogen) atoms. The lowest BCUT2D eigenvalue weighted by Crippen LogP contribution is -2.46. The van der Waals surface area contributed by atoms with Gasteiger partial charge in [0, 0.05) is 13.1 Å². The number of aliphatic hydroxyl groups excluding tert-OH is 1. The van der Waals surface area contributed by atoms with Crippen LogP contribution in [0.25, 0.3) is 0 Å². The van der Waals surface area contributed by atoms with Crippen LogP contribution < -0.4 is 0 Å². The molecule has 1 fully saturated rings. The number of carbonyl (C=O) groups is 1. The average molecular weight is 313 g/mol. The summed E-state index contributed by atoms with van der Waals surface area (Å²) < 4.78 is 0. The number of hydrogen-bond acceptors (Lipinski definition) is 4. The third kappa shape index (κ3) is 3.16. The van der Waals surface area contributed by atoms with E-state index in [4.69, 9.17) is 11.6 Å². The lowest BCUT2D eigenvalue weighted by atomic mass is 9.91. The Labute approximate surface area is 127 Å². The van der Waals surface area contributed by atoms with E-state index in [-0.39, 0.29) is 22.3 Å². The highest BCUT2D eigenvalue weighted by Crippen LogP contribution is 2.30. The van der Waals surface area contributed by atoms with Gasteiger partial charge in [-0.1, -0.05) is 30.5 Å². The summed E-state index contributed by atoms with van der Waals surface area (Å²) in [5.41, 5.74) is -0.436. The molecule has 1 N–H and O–H groups in total. The zero-order valence-electron chi connectivity index (χ0n) is 11.7. The van der Waals surface area contributed by atoms with E-state index in [1.807, 2.05) is 0 Å². The molecule has 0 spiro atoms. The number of nitro groups is 1. The minimum atomic E-state index is -0.621. The molecular weight excluding hydrogens is 296 g/mol. The number of aliphatic hydroxyl groups is 1. The van der Waals surface area contributed by atoms with Crippen molar-refractivity contribution in [1.29, 1.82) is 0 Å². The molecule has 2 atom stereocenters. The highest BCUT2D eigenvalue weighted by Gasteiger charge is 2.33. The minimum absolute atomic E-state index is 0.0475. The van der Waals surface area contributed by atoms with E-state index in [0.29, 0.717) is 12.8 Å². The number of benzene rings is 1. The number of carbonyl (C=O) groups excluding carboxylic acids is 1. The second-order valence-electron chi connectivity index (χ2n) is 5.23. The van der Waals surface area contributed by atoms with Crippen LogP contribution in [0.5, 0.6) is 0 Å². The largest absolute Gasteiger partial charge is 0.391 e. The second kappa shape index (κ2) is 6.41. The molecule has 0 aliphatic heterocycles. The van der Waals surface area contributed by atoms with E-state index in [9.17, 15) is 20.0 Å². The van der Waals surface area contributed by atoms with Gasteiger partial charge in [-0.05, 0) is 18.9 Å². The summed E-state index contributed by atoms with van der Waals surface area (Å²) in [5, 5.41) is 21.1. The molecule has 2 rings (SSSR count). The van der Waals surface area contributed by atoms with E-state index < -0.39 is 16.9 Å². The van der Waals surface area contributed by atoms with Crippen molar-refractivity contribution in [1.82, 2.24) is 4.90 Å². The van der Waals surface area contributed by atoms with E-state index in [0.717, 1.165) is 12.8 Å². The molecule has 1 saturated carbocycles. The molecule has 0 bridgehead atoms. The third-order valence-electron chi connectivity index (χ3n) is 3.91. The molecule has 1 aliphatic carbocycles. The first kappa shape index (κ1) is 15.7. The molecular formula is C14H17ClN2O4. The van der Waals surface area contributed by atoms with Crippen molar-refractivity contribution in [2.45, 2.75) is 37.8 Å². The molecule has 0 radical (unpaired) electrons. The first-order valence-electron chi connectivity index (χ1n) is 6.81. The van der Waals surface area contributed by atoms with E-state index >= 15 is 0 Å². The minimum Gasteiger partial charge on any atom is -0.391 e. The van der Waals surface area contributed by atoms with Crippen LogP contribution in [0.15, 0.2) is 18.2 Å². The second-order valence-corrected chi connectivity index (χ2v) is 5.63. The first-order chi connectivity index (χ1) is 9.93. The number of halogens is 1. The third-order valence-corrected chi connectivity index (χ3v) is 4.23. The normalized spacial score (nSPS) is 21.9. The first-order valence-corrected chi connectivity index (χ1v) is 7.19. The van der Waals surface area contributed by atoms with Crippen molar-refractivity contribution in [3.63, 3.8) is 0 Å². The van der Waals surface area contributed by atoms with Gasteiger partial charge in [0.2, 0.25) is 0 Å². The Kier molecular flexibility index (Phi) is 4.80. The summed E-state index contributed by atoms with van der Waals surface area (Å²) in [7, 11) is 1.55. The van der Waals surface area contributed by atoms with Gasteiger partial charge in [0.15, 0.2) is 0 Å². The van der Waals surface area contributed by atoms with E-state index in [1.165, 1.54) is 23.1 Å². The Morgan fingerprint density at radius 3 is 2.71 bits per heavy atom. The zero-order chi connectivity index (χ0) is 15.6. The summed E-state index contributed by atoms with van der Waals surface area (Å²) in [6.45, 7) is 0. The Morgan fingerprint density at radius 2 is 2.10 bits per heavy atom. The van der Waals surface area contributed by atoms with Crippen LogP contribution in [0, 0.1) is 10.1 Å². The Bertz CT molecular complexity index is 564. The predicted molar refractivity (Wildman–Crippen MR) is 78.5 cm³/mol. The maximum Gasteiger partial charge on any atom is 0.283 e. The lowest BCUT2D eigenvalue weighted by Gasteiger charge is -2.35. The number of likely N-dealkylation sites (N-methyl/N-ethyl adjacent to an activating group) is 1. The van der Waals surface area contributed by atoms with Gasteiger partial charge in [0.05, 0.1) is 22.1 Å².